The molecule has 0 bridgehead atoms. The second kappa shape index (κ2) is 5.43. The molecule has 0 fully saturated rings. The number of nitrogens with zero attached hydrogens (tertiary/aromatic N) is 1. The van der Waals surface area contributed by atoms with E-state index in [1.807, 2.05) is 6.07 Å². The fourth-order valence-corrected chi connectivity index (χ4v) is 4.32. The molecule has 0 unspecified atom stereocenters. The van der Waals surface area contributed by atoms with Crippen LogP contribution in [0.1, 0.15) is 5.56 Å². The molecule has 1 aromatic carbocycles. The molecule has 0 aliphatic carbocycles. The maximum Gasteiger partial charge on any atom is 0.238 e. The molecule has 2 rings (SSSR count). The van der Waals surface area contributed by atoms with E-state index in [1.54, 1.807) is 35.7 Å². The monoisotopic (exact) mass is 288 g/mol. The smallest absolute Gasteiger partial charge is 0.238 e. The largest absolute Gasteiger partial charge is 0.271 e. The second-order valence-electron chi connectivity index (χ2n) is 3.44. The predicted octanol–water partition coefficient (Wildman–Crippen LogP) is 1.67. The van der Waals surface area contributed by atoms with Gasteiger partial charge in [-0.05, 0) is 11.6 Å². The van der Waals surface area contributed by atoms with E-state index < -0.39 is 10.0 Å². The standard InChI is InChI=1S/C10H12N2O2S3/c11-17(13,14)9-4-2-1-3-8(9)7-16-10-12-5-6-15-10/h1-4H,5-7H2,(H2,11,13,14). The summed E-state index contributed by atoms with van der Waals surface area (Å²) in [7, 11) is -3.64. The lowest BCUT2D eigenvalue weighted by molar-refractivity contribution is 0.597. The van der Waals surface area contributed by atoms with Crippen molar-refractivity contribution in [2.45, 2.75) is 10.6 Å². The van der Waals surface area contributed by atoms with Gasteiger partial charge in [-0.2, -0.15) is 0 Å². The molecular formula is C10H12N2O2S3. The molecule has 0 saturated heterocycles. The minimum atomic E-state index is -3.64. The van der Waals surface area contributed by atoms with Crippen molar-refractivity contribution in [2.24, 2.45) is 10.1 Å². The first-order valence-electron chi connectivity index (χ1n) is 4.98. The van der Waals surface area contributed by atoms with Crippen LogP contribution in [0.5, 0.6) is 0 Å². The maximum atomic E-state index is 11.4. The van der Waals surface area contributed by atoms with Crippen LogP contribution >= 0.6 is 23.5 Å². The lowest BCUT2D eigenvalue weighted by atomic mass is 10.2. The normalized spacial score (nSPS) is 15.9. The Morgan fingerprint density at radius 2 is 2.18 bits per heavy atom. The predicted molar refractivity (Wildman–Crippen MR) is 73.9 cm³/mol. The van der Waals surface area contributed by atoms with Gasteiger partial charge in [0.1, 0.15) is 4.38 Å². The third-order valence-electron chi connectivity index (χ3n) is 2.19. The molecule has 0 radical (unpaired) electrons. The van der Waals surface area contributed by atoms with Crippen molar-refractivity contribution in [3.8, 4) is 0 Å². The quantitative estimate of drug-likeness (QED) is 0.918. The van der Waals surface area contributed by atoms with Gasteiger partial charge in [-0.15, -0.1) is 0 Å². The Balaban J connectivity index is 2.15. The van der Waals surface area contributed by atoms with Gasteiger partial charge in [0.15, 0.2) is 0 Å². The van der Waals surface area contributed by atoms with Crippen molar-refractivity contribution in [2.75, 3.05) is 12.3 Å². The molecule has 0 aromatic heterocycles. The van der Waals surface area contributed by atoms with Crippen molar-refractivity contribution in [3.05, 3.63) is 29.8 Å². The third kappa shape index (κ3) is 3.48. The fraction of sp³-hybridized carbons (Fsp3) is 0.300. The van der Waals surface area contributed by atoms with Crippen LogP contribution in [0.15, 0.2) is 34.2 Å². The lowest BCUT2D eigenvalue weighted by Gasteiger charge is -2.06. The van der Waals surface area contributed by atoms with Crippen molar-refractivity contribution in [3.63, 3.8) is 0 Å². The number of hydrogen-bond acceptors (Lipinski definition) is 5. The highest BCUT2D eigenvalue weighted by molar-refractivity contribution is 8.38. The molecule has 0 spiro atoms. The van der Waals surface area contributed by atoms with Crippen molar-refractivity contribution in [1.82, 2.24) is 0 Å². The molecule has 1 aliphatic rings. The van der Waals surface area contributed by atoms with Crippen LogP contribution in [0, 0.1) is 0 Å². The van der Waals surface area contributed by atoms with Crippen molar-refractivity contribution >= 4 is 37.9 Å². The molecule has 0 saturated carbocycles. The topological polar surface area (TPSA) is 72.5 Å². The summed E-state index contributed by atoms with van der Waals surface area (Å²) in [6.07, 6.45) is 0. The zero-order chi connectivity index (χ0) is 12.3. The Morgan fingerprint density at radius 1 is 1.41 bits per heavy atom. The first kappa shape index (κ1) is 12.9. The van der Waals surface area contributed by atoms with Crippen LogP contribution in [-0.2, 0) is 15.8 Å². The van der Waals surface area contributed by atoms with Crippen LogP contribution in [-0.4, -0.2) is 25.1 Å². The molecule has 1 aromatic rings. The molecule has 7 heteroatoms. The lowest BCUT2D eigenvalue weighted by Crippen LogP contribution is -2.14. The van der Waals surface area contributed by atoms with Crippen molar-refractivity contribution < 1.29 is 8.42 Å². The van der Waals surface area contributed by atoms with Gasteiger partial charge >= 0.3 is 0 Å². The van der Waals surface area contributed by atoms with E-state index >= 15 is 0 Å². The summed E-state index contributed by atoms with van der Waals surface area (Å²) < 4.78 is 23.8. The van der Waals surface area contributed by atoms with E-state index in [9.17, 15) is 8.42 Å². The summed E-state index contributed by atoms with van der Waals surface area (Å²) in [4.78, 5) is 4.51. The SMILES string of the molecule is NS(=O)(=O)c1ccccc1CSC1=NCCS1. The minimum absolute atomic E-state index is 0.205. The zero-order valence-electron chi connectivity index (χ0n) is 9.00. The van der Waals surface area contributed by atoms with Gasteiger partial charge in [0.25, 0.3) is 0 Å². The maximum absolute atomic E-state index is 11.4. The number of hydrogen-bond donors (Lipinski definition) is 1. The summed E-state index contributed by atoms with van der Waals surface area (Å²) in [5, 5.41) is 5.17. The Bertz CT molecular complexity index is 540. The number of aliphatic imine (C=N–C) groups is 1. The van der Waals surface area contributed by atoms with Crippen LogP contribution in [0.25, 0.3) is 0 Å². The number of rotatable bonds is 3. The Kier molecular flexibility index (Phi) is 4.13. The van der Waals surface area contributed by atoms with Crippen LogP contribution in [0.2, 0.25) is 0 Å². The molecule has 1 heterocycles. The molecule has 0 amide bonds. The Labute approximate surface area is 109 Å². The highest BCUT2D eigenvalue weighted by Crippen LogP contribution is 2.27. The molecule has 4 nitrogen and oxygen atoms in total. The van der Waals surface area contributed by atoms with Gasteiger partial charge in [-0.1, -0.05) is 41.7 Å². The van der Waals surface area contributed by atoms with E-state index in [0.717, 1.165) is 22.2 Å². The Hall–Kier alpha value is -0.500. The third-order valence-corrected chi connectivity index (χ3v) is 5.50. The van der Waals surface area contributed by atoms with Gasteiger partial charge in [0.05, 0.1) is 11.4 Å². The average molecular weight is 288 g/mol. The number of primary sulfonamides is 1. The summed E-state index contributed by atoms with van der Waals surface area (Å²) in [5.41, 5.74) is 0.732. The minimum Gasteiger partial charge on any atom is -0.271 e. The number of sulfonamides is 1. The average Bonchev–Trinajstić information content (AvgIpc) is 2.78. The summed E-state index contributed by atoms with van der Waals surface area (Å²) in [6.45, 7) is 0.851. The highest BCUT2D eigenvalue weighted by Gasteiger charge is 2.14. The van der Waals surface area contributed by atoms with E-state index in [0.29, 0.717) is 5.75 Å². The number of benzene rings is 1. The molecule has 92 valence electrons. The van der Waals surface area contributed by atoms with Crippen LogP contribution < -0.4 is 5.14 Å². The number of nitrogens with two attached hydrogens (primary N) is 1. The van der Waals surface area contributed by atoms with Gasteiger partial charge in [0.2, 0.25) is 10.0 Å². The van der Waals surface area contributed by atoms with E-state index in [-0.39, 0.29) is 4.90 Å². The molecule has 0 atom stereocenters. The van der Waals surface area contributed by atoms with Gasteiger partial charge in [-0.3, -0.25) is 4.99 Å². The summed E-state index contributed by atoms with van der Waals surface area (Å²) in [6, 6.07) is 6.81. The second-order valence-corrected chi connectivity index (χ2v) is 7.27. The first-order chi connectivity index (χ1) is 8.07. The number of thioether (sulfide) groups is 2. The summed E-state index contributed by atoms with van der Waals surface area (Å²) in [5.74, 6) is 1.59. The van der Waals surface area contributed by atoms with Gasteiger partial charge < -0.3 is 0 Å². The van der Waals surface area contributed by atoms with E-state index in [4.69, 9.17) is 5.14 Å². The first-order valence-corrected chi connectivity index (χ1v) is 8.50. The van der Waals surface area contributed by atoms with Crippen molar-refractivity contribution in [1.29, 1.82) is 0 Å². The van der Waals surface area contributed by atoms with Gasteiger partial charge in [-0.25, -0.2) is 13.6 Å². The zero-order valence-corrected chi connectivity index (χ0v) is 11.4. The fourth-order valence-electron chi connectivity index (χ4n) is 1.44. The van der Waals surface area contributed by atoms with E-state index in [2.05, 4.69) is 4.99 Å². The van der Waals surface area contributed by atoms with E-state index in [1.165, 1.54) is 6.07 Å². The molecular weight excluding hydrogens is 276 g/mol. The van der Waals surface area contributed by atoms with Crippen LogP contribution in [0.4, 0.5) is 0 Å². The molecule has 17 heavy (non-hydrogen) atoms. The molecule has 2 N–H and O–H groups in total. The summed E-state index contributed by atoms with van der Waals surface area (Å²) >= 11 is 3.27. The van der Waals surface area contributed by atoms with Crippen LogP contribution in [0.3, 0.4) is 0 Å². The molecule has 1 aliphatic heterocycles. The van der Waals surface area contributed by atoms with Gasteiger partial charge in [0, 0.05) is 11.5 Å². The highest BCUT2D eigenvalue weighted by atomic mass is 32.2. The Morgan fingerprint density at radius 3 is 2.82 bits per heavy atom.